The summed E-state index contributed by atoms with van der Waals surface area (Å²) in [7, 11) is 0. The maximum atomic E-state index is 12.3. The van der Waals surface area contributed by atoms with E-state index in [4.69, 9.17) is 11.6 Å². The Kier molecular flexibility index (Phi) is 5.32. The van der Waals surface area contributed by atoms with Crippen LogP contribution >= 0.6 is 23.4 Å². The van der Waals surface area contributed by atoms with Crippen LogP contribution in [0.15, 0.2) is 47.4 Å². The average molecular weight is 320 g/mol. The van der Waals surface area contributed by atoms with E-state index in [1.807, 2.05) is 57.2 Å². The summed E-state index contributed by atoms with van der Waals surface area (Å²) in [4.78, 5) is 13.3. The second kappa shape index (κ2) is 7.01. The molecule has 0 aliphatic heterocycles. The van der Waals surface area contributed by atoms with E-state index in [1.54, 1.807) is 0 Å². The molecule has 1 atom stereocenters. The molecule has 0 spiro atoms. The minimum Gasteiger partial charge on any atom is -0.325 e. The van der Waals surface area contributed by atoms with Gasteiger partial charge in [-0.15, -0.1) is 11.8 Å². The first-order chi connectivity index (χ1) is 9.95. The van der Waals surface area contributed by atoms with Crippen molar-refractivity contribution in [3.05, 3.63) is 58.6 Å². The number of anilines is 1. The molecule has 2 nitrogen and oxygen atoms in total. The summed E-state index contributed by atoms with van der Waals surface area (Å²) < 4.78 is 0. The lowest BCUT2D eigenvalue weighted by Gasteiger charge is -2.14. The fourth-order valence-corrected chi connectivity index (χ4v) is 2.95. The van der Waals surface area contributed by atoms with Gasteiger partial charge in [-0.05, 0) is 56.7 Å². The first-order valence-electron chi connectivity index (χ1n) is 6.76. The lowest BCUT2D eigenvalue weighted by Crippen LogP contribution is -2.22. The van der Waals surface area contributed by atoms with E-state index in [0.29, 0.717) is 5.02 Å². The summed E-state index contributed by atoms with van der Waals surface area (Å²) in [6.45, 7) is 5.94. The van der Waals surface area contributed by atoms with Gasteiger partial charge < -0.3 is 5.32 Å². The zero-order valence-electron chi connectivity index (χ0n) is 12.3. The third kappa shape index (κ3) is 4.51. The molecule has 1 amide bonds. The summed E-state index contributed by atoms with van der Waals surface area (Å²) in [5.41, 5.74) is 3.13. The molecule has 4 heteroatoms. The summed E-state index contributed by atoms with van der Waals surface area (Å²) in [5.74, 6) is 0.00176. The van der Waals surface area contributed by atoms with Crippen LogP contribution in [0.4, 0.5) is 5.69 Å². The molecule has 0 saturated heterocycles. The highest BCUT2D eigenvalue weighted by Gasteiger charge is 2.15. The Balaban J connectivity index is 2.00. The molecule has 2 rings (SSSR count). The molecule has 0 radical (unpaired) electrons. The Morgan fingerprint density at radius 1 is 1.14 bits per heavy atom. The van der Waals surface area contributed by atoms with E-state index in [1.165, 1.54) is 17.3 Å². The molecule has 1 N–H and O–H groups in total. The van der Waals surface area contributed by atoms with E-state index >= 15 is 0 Å². The van der Waals surface area contributed by atoms with Gasteiger partial charge in [-0.1, -0.05) is 29.3 Å². The Labute approximate surface area is 134 Å². The highest BCUT2D eigenvalue weighted by atomic mass is 35.5. The Hall–Kier alpha value is -1.45. The molecule has 2 aromatic carbocycles. The normalized spacial score (nSPS) is 12.0. The number of carbonyl (C=O) groups excluding carboxylic acids is 1. The van der Waals surface area contributed by atoms with Gasteiger partial charge in [0.1, 0.15) is 0 Å². The van der Waals surface area contributed by atoms with Crippen LogP contribution in [0.25, 0.3) is 0 Å². The molecule has 0 heterocycles. The van der Waals surface area contributed by atoms with Crippen molar-refractivity contribution in [3.8, 4) is 0 Å². The van der Waals surface area contributed by atoms with Crippen molar-refractivity contribution < 1.29 is 4.79 Å². The predicted octanol–water partition coefficient (Wildman–Crippen LogP) is 5.08. The number of nitrogens with one attached hydrogen (secondary N) is 1. The number of hydrogen-bond donors (Lipinski definition) is 1. The number of carbonyl (C=O) groups is 1. The van der Waals surface area contributed by atoms with Gasteiger partial charge in [-0.2, -0.15) is 0 Å². The summed E-state index contributed by atoms with van der Waals surface area (Å²) in [6, 6.07) is 13.5. The molecule has 0 fully saturated rings. The first-order valence-corrected chi connectivity index (χ1v) is 8.02. The van der Waals surface area contributed by atoms with Gasteiger partial charge in [-0.25, -0.2) is 0 Å². The van der Waals surface area contributed by atoms with Crippen molar-refractivity contribution in [1.82, 2.24) is 0 Å². The number of rotatable bonds is 4. The second-order valence-electron chi connectivity index (χ2n) is 5.02. The largest absolute Gasteiger partial charge is 0.325 e. The summed E-state index contributed by atoms with van der Waals surface area (Å²) in [5, 5.41) is 3.51. The fraction of sp³-hybridized carbons (Fsp3) is 0.235. The number of halogens is 1. The van der Waals surface area contributed by atoms with E-state index in [0.717, 1.165) is 16.1 Å². The molecule has 0 saturated carbocycles. The van der Waals surface area contributed by atoms with E-state index in [9.17, 15) is 4.79 Å². The number of thioether (sulfide) groups is 1. The predicted molar refractivity (Wildman–Crippen MR) is 91.3 cm³/mol. The third-order valence-corrected chi connectivity index (χ3v) is 4.50. The monoisotopic (exact) mass is 319 g/mol. The average Bonchev–Trinajstić information content (AvgIpc) is 2.44. The quantitative estimate of drug-likeness (QED) is 0.796. The molecule has 0 bridgehead atoms. The van der Waals surface area contributed by atoms with E-state index in [-0.39, 0.29) is 11.2 Å². The smallest absolute Gasteiger partial charge is 0.237 e. The van der Waals surface area contributed by atoms with Gasteiger partial charge in [0.05, 0.1) is 5.25 Å². The van der Waals surface area contributed by atoms with Gasteiger partial charge >= 0.3 is 0 Å². The number of aryl methyl sites for hydroxylation is 2. The Morgan fingerprint density at radius 3 is 2.43 bits per heavy atom. The Morgan fingerprint density at radius 2 is 1.81 bits per heavy atom. The molecule has 21 heavy (non-hydrogen) atoms. The van der Waals surface area contributed by atoms with Crippen LogP contribution in [0.5, 0.6) is 0 Å². The second-order valence-corrected chi connectivity index (χ2v) is 6.87. The molecule has 0 aliphatic carbocycles. The molecule has 0 aromatic heterocycles. The van der Waals surface area contributed by atoms with Crippen molar-refractivity contribution in [3.63, 3.8) is 0 Å². The topological polar surface area (TPSA) is 29.1 Å². The van der Waals surface area contributed by atoms with Crippen molar-refractivity contribution in [2.75, 3.05) is 5.32 Å². The lowest BCUT2D eigenvalue weighted by atomic mass is 10.1. The Bertz CT molecular complexity index is 640. The van der Waals surface area contributed by atoms with Gasteiger partial charge in [0.15, 0.2) is 0 Å². The number of amides is 1. The molecular formula is C17H18ClNOS. The lowest BCUT2D eigenvalue weighted by molar-refractivity contribution is -0.115. The minimum atomic E-state index is -0.174. The molecular weight excluding hydrogens is 302 g/mol. The van der Waals surface area contributed by atoms with Crippen molar-refractivity contribution in [2.24, 2.45) is 0 Å². The van der Waals surface area contributed by atoms with Crippen LogP contribution in [0.3, 0.4) is 0 Å². The molecule has 2 aromatic rings. The zero-order chi connectivity index (χ0) is 15.4. The highest BCUT2D eigenvalue weighted by Crippen LogP contribution is 2.26. The summed E-state index contributed by atoms with van der Waals surface area (Å²) in [6.07, 6.45) is 0. The molecule has 110 valence electrons. The number of hydrogen-bond acceptors (Lipinski definition) is 2. The molecule has 1 unspecified atom stereocenters. The van der Waals surface area contributed by atoms with Gasteiger partial charge in [-0.3, -0.25) is 4.79 Å². The maximum Gasteiger partial charge on any atom is 0.237 e. The van der Waals surface area contributed by atoms with Crippen molar-refractivity contribution >= 4 is 35.0 Å². The van der Waals surface area contributed by atoms with E-state index in [2.05, 4.69) is 11.4 Å². The van der Waals surface area contributed by atoms with Crippen LogP contribution in [0, 0.1) is 13.8 Å². The standard InChI is InChI=1S/C17H18ClNOS/c1-11-4-9-16(12(2)10-11)19-17(20)13(3)21-15-7-5-14(18)6-8-15/h4-10,13H,1-3H3,(H,19,20). The van der Waals surface area contributed by atoms with Crippen molar-refractivity contribution in [2.45, 2.75) is 30.9 Å². The third-order valence-electron chi connectivity index (χ3n) is 3.14. The van der Waals surface area contributed by atoms with Crippen LogP contribution in [0.2, 0.25) is 5.02 Å². The van der Waals surface area contributed by atoms with Gasteiger partial charge in [0.25, 0.3) is 0 Å². The van der Waals surface area contributed by atoms with E-state index < -0.39 is 0 Å². The first kappa shape index (κ1) is 15.9. The van der Waals surface area contributed by atoms with Gasteiger partial charge in [0.2, 0.25) is 5.91 Å². The number of benzene rings is 2. The fourth-order valence-electron chi connectivity index (χ4n) is 1.96. The highest BCUT2D eigenvalue weighted by molar-refractivity contribution is 8.00. The minimum absolute atomic E-state index is 0.00176. The van der Waals surface area contributed by atoms with Crippen LogP contribution < -0.4 is 5.32 Å². The maximum absolute atomic E-state index is 12.3. The van der Waals surface area contributed by atoms with Crippen LogP contribution in [-0.4, -0.2) is 11.2 Å². The molecule has 0 aliphatic rings. The van der Waals surface area contributed by atoms with Gasteiger partial charge in [0, 0.05) is 15.6 Å². The SMILES string of the molecule is Cc1ccc(NC(=O)C(C)Sc2ccc(Cl)cc2)c(C)c1. The van der Waals surface area contributed by atoms with Crippen LogP contribution in [-0.2, 0) is 4.79 Å². The zero-order valence-corrected chi connectivity index (χ0v) is 13.9. The van der Waals surface area contributed by atoms with Crippen molar-refractivity contribution in [1.29, 1.82) is 0 Å². The van der Waals surface area contributed by atoms with Crippen LogP contribution in [0.1, 0.15) is 18.1 Å². The summed E-state index contributed by atoms with van der Waals surface area (Å²) >= 11 is 7.38.